The molecule has 1 aromatic rings. The van der Waals surface area contributed by atoms with E-state index < -0.39 is 0 Å². The van der Waals surface area contributed by atoms with Gasteiger partial charge in [-0.1, -0.05) is 12.2 Å². The topological polar surface area (TPSA) is 50.9 Å². The molecule has 21 heavy (non-hydrogen) atoms. The molecule has 3 nitrogen and oxygen atoms in total. The molecular formula is C16H23N3S2. The molecule has 0 aromatic carbocycles. The maximum Gasteiger partial charge on any atom is 0.136 e. The van der Waals surface area contributed by atoms with Crippen LogP contribution in [0.2, 0.25) is 0 Å². The van der Waals surface area contributed by atoms with Crippen LogP contribution in [0, 0.1) is 5.92 Å². The molecule has 5 heteroatoms. The van der Waals surface area contributed by atoms with Crippen LogP contribution in [0.25, 0.3) is 0 Å². The average molecular weight is 322 g/mol. The van der Waals surface area contributed by atoms with Gasteiger partial charge in [0.1, 0.15) is 10.8 Å². The van der Waals surface area contributed by atoms with Gasteiger partial charge in [-0.3, -0.25) is 0 Å². The molecule has 0 unspecified atom stereocenters. The quantitative estimate of drug-likeness (QED) is 0.834. The minimum absolute atomic E-state index is 0.456. The highest BCUT2D eigenvalue weighted by molar-refractivity contribution is 7.99. The third-order valence-electron chi connectivity index (χ3n) is 4.47. The van der Waals surface area contributed by atoms with Crippen molar-refractivity contribution >= 4 is 34.8 Å². The lowest BCUT2D eigenvalue weighted by molar-refractivity contribution is 0.515. The largest absolute Gasteiger partial charge is 0.389 e. The zero-order valence-corrected chi connectivity index (χ0v) is 14.0. The number of pyridine rings is 1. The van der Waals surface area contributed by atoms with Gasteiger partial charge < -0.3 is 11.1 Å². The zero-order chi connectivity index (χ0) is 14.7. The Hall–Kier alpha value is -0.810. The van der Waals surface area contributed by atoms with Gasteiger partial charge in [0.15, 0.2) is 0 Å². The van der Waals surface area contributed by atoms with Gasteiger partial charge in [0.25, 0.3) is 0 Å². The Labute approximate surface area is 136 Å². The van der Waals surface area contributed by atoms with Gasteiger partial charge in [0.2, 0.25) is 0 Å². The number of thiocarbonyl (C=S) groups is 1. The van der Waals surface area contributed by atoms with E-state index in [9.17, 15) is 0 Å². The van der Waals surface area contributed by atoms with Crippen molar-refractivity contribution in [3.8, 4) is 0 Å². The fourth-order valence-corrected chi connectivity index (χ4v) is 4.51. The van der Waals surface area contributed by atoms with Crippen LogP contribution in [0.1, 0.15) is 42.5 Å². The van der Waals surface area contributed by atoms with Crippen LogP contribution in [0.3, 0.4) is 0 Å². The second-order valence-corrected chi connectivity index (χ2v) is 7.66. The van der Waals surface area contributed by atoms with Gasteiger partial charge in [0.05, 0.1) is 5.56 Å². The first-order chi connectivity index (χ1) is 10.2. The molecule has 114 valence electrons. The standard InChI is InChI=1S/C16H23N3S2/c17-15(20)13-9-12-3-1-2-4-14(12)19-16(13)18-10-11-5-7-21-8-6-11/h9,11H,1-8,10H2,(H2,17,20)(H,18,19). The van der Waals surface area contributed by atoms with Crippen LogP contribution in [-0.4, -0.2) is 28.0 Å². The molecule has 0 bridgehead atoms. The molecule has 0 spiro atoms. The Balaban J connectivity index is 1.77. The highest BCUT2D eigenvalue weighted by Crippen LogP contribution is 2.26. The van der Waals surface area contributed by atoms with Crippen molar-refractivity contribution < 1.29 is 0 Å². The Kier molecular flexibility index (Phi) is 5.01. The molecule has 2 aliphatic rings. The van der Waals surface area contributed by atoms with E-state index in [1.807, 2.05) is 0 Å². The van der Waals surface area contributed by atoms with Crippen molar-refractivity contribution in [2.75, 3.05) is 23.4 Å². The summed E-state index contributed by atoms with van der Waals surface area (Å²) in [6.45, 7) is 0.988. The summed E-state index contributed by atoms with van der Waals surface area (Å²) in [5, 5.41) is 3.53. The van der Waals surface area contributed by atoms with E-state index in [0.717, 1.165) is 36.7 Å². The van der Waals surface area contributed by atoms with Crippen molar-refractivity contribution in [3.05, 3.63) is 22.9 Å². The van der Waals surface area contributed by atoms with E-state index in [1.165, 1.54) is 48.4 Å². The van der Waals surface area contributed by atoms with Crippen molar-refractivity contribution in [1.82, 2.24) is 4.98 Å². The van der Waals surface area contributed by atoms with E-state index >= 15 is 0 Å². The average Bonchev–Trinajstić information content (AvgIpc) is 2.53. The summed E-state index contributed by atoms with van der Waals surface area (Å²) in [5.74, 6) is 4.22. The maximum absolute atomic E-state index is 5.90. The summed E-state index contributed by atoms with van der Waals surface area (Å²) in [7, 11) is 0. The van der Waals surface area contributed by atoms with Crippen LogP contribution < -0.4 is 11.1 Å². The number of nitrogens with one attached hydrogen (secondary N) is 1. The second kappa shape index (κ2) is 6.97. The predicted octanol–water partition coefficient (Wildman–Crippen LogP) is 3.15. The number of nitrogens with zero attached hydrogens (tertiary/aromatic N) is 1. The second-order valence-electron chi connectivity index (χ2n) is 6.00. The number of hydrogen-bond acceptors (Lipinski definition) is 4. The molecule has 0 saturated carbocycles. The molecule has 0 atom stereocenters. The lowest BCUT2D eigenvalue weighted by Crippen LogP contribution is -2.23. The summed E-state index contributed by atoms with van der Waals surface area (Å²) in [6.07, 6.45) is 7.28. The monoisotopic (exact) mass is 321 g/mol. The fourth-order valence-electron chi connectivity index (χ4n) is 3.15. The van der Waals surface area contributed by atoms with Gasteiger partial charge >= 0.3 is 0 Å². The maximum atomic E-state index is 5.90. The molecule has 1 aliphatic carbocycles. The first kappa shape index (κ1) is 15.1. The normalized spacial score (nSPS) is 19.0. The Morgan fingerprint density at radius 2 is 2.10 bits per heavy atom. The SMILES string of the molecule is NC(=S)c1cc2c(nc1NCC1CCSCC1)CCCC2. The van der Waals surface area contributed by atoms with Gasteiger partial charge in [-0.15, -0.1) is 0 Å². The van der Waals surface area contributed by atoms with Crippen molar-refractivity contribution in [3.63, 3.8) is 0 Å². The number of hydrogen-bond donors (Lipinski definition) is 2. The summed E-state index contributed by atoms with van der Waals surface area (Å²) >= 11 is 7.28. The number of nitrogens with two attached hydrogens (primary N) is 1. The molecule has 1 saturated heterocycles. The molecule has 3 N–H and O–H groups in total. The smallest absolute Gasteiger partial charge is 0.136 e. The van der Waals surface area contributed by atoms with Crippen molar-refractivity contribution in [1.29, 1.82) is 0 Å². The highest BCUT2D eigenvalue weighted by Gasteiger charge is 2.18. The van der Waals surface area contributed by atoms with Gasteiger partial charge in [0, 0.05) is 12.2 Å². The van der Waals surface area contributed by atoms with Gasteiger partial charge in [-0.25, -0.2) is 4.98 Å². The summed E-state index contributed by atoms with van der Waals surface area (Å²) in [5.41, 5.74) is 9.41. The van der Waals surface area contributed by atoms with E-state index in [4.69, 9.17) is 22.9 Å². The van der Waals surface area contributed by atoms with E-state index in [0.29, 0.717) is 4.99 Å². The van der Waals surface area contributed by atoms with Gasteiger partial charge in [-0.05, 0) is 67.6 Å². The predicted molar refractivity (Wildman–Crippen MR) is 95.3 cm³/mol. The minimum atomic E-state index is 0.456. The zero-order valence-electron chi connectivity index (χ0n) is 12.4. The summed E-state index contributed by atoms with van der Waals surface area (Å²) in [4.78, 5) is 5.29. The summed E-state index contributed by atoms with van der Waals surface area (Å²) in [6, 6.07) is 2.17. The van der Waals surface area contributed by atoms with Crippen LogP contribution in [-0.2, 0) is 12.8 Å². The first-order valence-electron chi connectivity index (χ1n) is 7.88. The molecule has 3 rings (SSSR count). The molecule has 2 heterocycles. The van der Waals surface area contributed by atoms with E-state index in [-0.39, 0.29) is 0 Å². The number of anilines is 1. The van der Waals surface area contributed by atoms with E-state index in [2.05, 4.69) is 23.1 Å². The number of aryl methyl sites for hydroxylation is 2. The molecule has 1 aromatic heterocycles. The molecule has 0 amide bonds. The van der Waals surface area contributed by atoms with E-state index in [1.54, 1.807) is 0 Å². The third kappa shape index (κ3) is 3.69. The Morgan fingerprint density at radius 3 is 2.86 bits per heavy atom. The Bertz CT molecular complexity index is 524. The number of thioether (sulfide) groups is 1. The number of aromatic nitrogens is 1. The van der Waals surface area contributed by atoms with Crippen LogP contribution in [0.4, 0.5) is 5.82 Å². The minimum Gasteiger partial charge on any atom is -0.389 e. The van der Waals surface area contributed by atoms with Crippen molar-refractivity contribution in [2.45, 2.75) is 38.5 Å². The van der Waals surface area contributed by atoms with Crippen LogP contribution in [0.5, 0.6) is 0 Å². The first-order valence-corrected chi connectivity index (χ1v) is 9.44. The summed E-state index contributed by atoms with van der Waals surface area (Å²) < 4.78 is 0. The highest BCUT2D eigenvalue weighted by atomic mass is 32.2. The number of rotatable bonds is 4. The fraction of sp³-hybridized carbons (Fsp3) is 0.625. The Morgan fingerprint density at radius 1 is 1.33 bits per heavy atom. The molecule has 1 fully saturated rings. The number of fused-ring (bicyclic) bond motifs is 1. The molecule has 1 aliphatic heterocycles. The van der Waals surface area contributed by atoms with Gasteiger partial charge in [-0.2, -0.15) is 11.8 Å². The lowest BCUT2D eigenvalue weighted by atomic mass is 9.94. The van der Waals surface area contributed by atoms with Crippen LogP contribution in [0.15, 0.2) is 6.07 Å². The third-order valence-corrected chi connectivity index (χ3v) is 5.73. The molecular weight excluding hydrogens is 298 g/mol. The van der Waals surface area contributed by atoms with Crippen molar-refractivity contribution in [2.24, 2.45) is 11.7 Å². The molecule has 0 radical (unpaired) electrons. The van der Waals surface area contributed by atoms with Crippen LogP contribution >= 0.6 is 24.0 Å². The lowest BCUT2D eigenvalue weighted by Gasteiger charge is -2.24.